The largest absolute Gasteiger partial charge is 0.495 e. The standard InChI is InChI=1S/C8H10BrNO2/c1-11-7-4-6(10)8(12-2)3-5(7)9/h3-4H,10H2,1-2H3. The van der Waals surface area contributed by atoms with Crippen LogP contribution in [0.1, 0.15) is 0 Å². The number of rotatable bonds is 2. The summed E-state index contributed by atoms with van der Waals surface area (Å²) >= 11 is 3.32. The summed E-state index contributed by atoms with van der Waals surface area (Å²) in [5.74, 6) is 1.34. The molecule has 0 saturated carbocycles. The summed E-state index contributed by atoms with van der Waals surface area (Å²) in [4.78, 5) is 0. The summed E-state index contributed by atoms with van der Waals surface area (Å²) < 4.78 is 10.9. The maximum Gasteiger partial charge on any atom is 0.143 e. The number of nitrogen functional groups attached to an aromatic ring is 1. The highest BCUT2D eigenvalue weighted by atomic mass is 79.9. The highest BCUT2D eigenvalue weighted by molar-refractivity contribution is 9.10. The first-order chi connectivity index (χ1) is 5.69. The zero-order valence-electron chi connectivity index (χ0n) is 6.93. The molecule has 0 amide bonds. The molecular formula is C8H10BrNO2. The van der Waals surface area contributed by atoms with Crippen molar-refractivity contribution in [3.05, 3.63) is 16.6 Å². The van der Waals surface area contributed by atoms with Crippen molar-refractivity contribution in [2.75, 3.05) is 20.0 Å². The van der Waals surface area contributed by atoms with E-state index in [-0.39, 0.29) is 0 Å². The predicted molar refractivity (Wildman–Crippen MR) is 51.7 cm³/mol. The molecule has 0 spiro atoms. The number of methoxy groups -OCH3 is 2. The fourth-order valence-electron chi connectivity index (χ4n) is 0.884. The van der Waals surface area contributed by atoms with Crippen LogP contribution in [0.15, 0.2) is 16.6 Å². The molecule has 0 aliphatic heterocycles. The molecular weight excluding hydrogens is 222 g/mol. The van der Waals surface area contributed by atoms with Gasteiger partial charge in [0.25, 0.3) is 0 Å². The van der Waals surface area contributed by atoms with E-state index < -0.39 is 0 Å². The number of hydrogen-bond acceptors (Lipinski definition) is 3. The second-order valence-corrected chi connectivity index (χ2v) is 3.08. The van der Waals surface area contributed by atoms with Gasteiger partial charge in [-0.25, -0.2) is 0 Å². The molecule has 66 valence electrons. The fraction of sp³-hybridized carbons (Fsp3) is 0.250. The summed E-state index contributed by atoms with van der Waals surface area (Å²) in [6.07, 6.45) is 0. The number of benzene rings is 1. The van der Waals surface area contributed by atoms with E-state index in [1.807, 2.05) is 0 Å². The molecule has 3 nitrogen and oxygen atoms in total. The Bertz CT molecular complexity index is 259. The van der Waals surface area contributed by atoms with Crippen molar-refractivity contribution in [3.8, 4) is 11.5 Å². The van der Waals surface area contributed by atoms with Crippen LogP contribution in [0.3, 0.4) is 0 Å². The van der Waals surface area contributed by atoms with E-state index in [0.717, 1.165) is 4.47 Å². The van der Waals surface area contributed by atoms with Crippen LogP contribution < -0.4 is 15.2 Å². The van der Waals surface area contributed by atoms with Crippen LogP contribution in [0.4, 0.5) is 5.69 Å². The molecule has 0 fully saturated rings. The lowest BCUT2D eigenvalue weighted by Gasteiger charge is -2.08. The van der Waals surface area contributed by atoms with Gasteiger partial charge in [0.05, 0.1) is 24.4 Å². The average molecular weight is 232 g/mol. The van der Waals surface area contributed by atoms with E-state index in [2.05, 4.69) is 15.9 Å². The summed E-state index contributed by atoms with van der Waals surface area (Å²) in [5, 5.41) is 0. The molecule has 0 aliphatic carbocycles. The Morgan fingerprint density at radius 3 is 2.25 bits per heavy atom. The quantitative estimate of drug-likeness (QED) is 0.793. The van der Waals surface area contributed by atoms with Crippen molar-refractivity contribution in [1.82, 2.24) is 0 Å². The van der Waals surface area contributed by atoms with E-state index in [1.165, 1.54) is 0 Å². The highest BCUT2D eigenvalue weighted by Gasteiger charge is 2.05. The lowest BCUT2D eigenvalue weighted by Crippen LogP contribution is -1.94. The highest BCUT2D eigenvalue weighted by Crippen LogP contribution is 2.33. The minimum atomic E-state index is 0.567. The zero-order valence-corrected chi connectivity index (χ0v) is 8.51. The average Bonchev–Trinajstić information content (AvgIpc) is 2.08. The van der Waals surface area contributed by atoms with Gasteiger partial charge in [-0.2, -0.15) is 0 Å². The van der Waals surface area contributed by atoms with Crippen molar-refractivity contribution in [1.29, 1.82) is 0 Å². The number of anilines is 1. The predicted octanol–water partition coefficient (Wildman–Crippen LogP) is 2.05. The van der Waals surface area contributed by atoms with E-state index in [4.69, 9.17) is 15.2 Å². The molecule has 0 bridgehead atoms. The molecule has 0 radical (unpaired) electrons. The van der Waals surface area contributed by atoms with Crippen LogP contribution in [0, 0.1) is 0 Å². The van der Waals surface area contributed by atoms with Gasteiger partial charge < -0.3 is 15.2 Å². The Morgan fingerprint density at radius 2 is 1.75 bits per heavy atom. The van der Waals surface area contributed by atoms with E-state index in [9.17, 15) is 0 Å². The number of hydrogen-bond donors (Lipinski definition) is 1. The Kier molecular flexibility index (Phi) is 2.81. The van der Waals surface area contributed by atoms with Crippen molar-refractivity contribution in [3.63, 3.8) is 0 Å². The van der Waals surface area contributed by atoms with Crippen LogP contribution in [-0.4, -0.2) is 14.2 Å². The van der Waals surface area contributed by atoms with Gasteiger partial charge in [-0.3, -0.25) is 0 Å². The maximum atomic E-state index is 5.65. The Labute approximate surface area is 79.6 Å². The zero-order chi connectivity index (χ0) is 9.14. The second kappa shape index (κ2) is 3.67. The van der Waals surface area contributed by atoms with Gasteiger partial charge in [0, 0.05) is 12.1 Å². The molecule has 0 unspecified atom stereocenters. The van der Waals surface area contributed by atoms with Gasteiger partial charge >= 0.3 is 0 Å². The molecule has 0 atom stereocenters. The molecule has 0 saturated heterocycles. The van der Waals surface area contributed by atoms with Crippen LogP contribution in [0.2, 0.25) is 0 Å². The topological polar surface area (TPSA) is 44.5 Å². The molecule has 1 aromatic rings. The normalized spacial score (nSPS) is 9.58. The third-order valence-electron chi connectivity index (χ3n) is 1.50. The Morgan fingerprint density at radius 1 is 1.17 bits per heavy atom. The smallest absolute Gasteiger partial charge is 0.143 e. The molecule has 0 aliphatic rings. The molecule has 0 heterocycles. The summed E-state index contributed by atoms with van der Waals surface area (Å²) in [6.45, 7) is 0. The van der Waals surface area contributed by atoms with Crippen molar-refractivity contribution in [2.45, 2.75) is 0 Å². The Balaban J connectivity index is 3.16. The monoisotopic (exact) mass is 231 g/mol. The summed E-state index contributed by atoms with van der Waals surface area (Å²) in [6, 6.07) is 3.48. The molecule has 0 aromatic heterocycles. The Hall–Kier alpha value is -0.900. The second-order valence-electron chi connectivity index (χ2n) is 2.23. The van der Waals surface area contributed by atoms with Gasteiger partial charge in [-0.05, 0) is 15.9 Å². The fourth-order valence-corrected chi connectivity index (χ4v) is 1.37. The number of halogens is 1. The molecule has 1 rings (SSSR count). The third kappa shape index (κ3) is 1.64. The first kappa shape index (κ1) is 9.19. The lowest BCUT2D eigenvalue weighted by molar-refractivity contribution is 0.402. The van der Waals surface area contributed by atoms with Gasteiger partial charge in [0.15, 0.2) is 0 Å². The first-order valence-corrected chi connectivity index (χ1v) is 4.15. The maximum absolute atomic E-state index is 5.65. The van der Waals surface area contributed by atoms with Crippen LogP contribution in [0.5, 0.6) is 11.5 Å². The van der Waals surface area contributed by atoms with E-state index in [0.29, 0.717) is 17.2 Å². The molecule has 1 aromatic carbocycles. The van der Waals surface area contributed by atoms with E-state index >= 15 is 0 Å². The minimum absolute atomic E-state index is 0.567. The van der Waals surface area contributed by atoms with Gasteiger partial charge in [0.1, 0.15) is 11.5 Å². The number of ether oxygens (including phenoxy) is 2. The summed E-state index contributed by atoms with van der Waals surface area (Å²) in [5.41, 5.74) is 6.22. The third-order valence-corrected chi connectivity index (χ3v) is 2.12. The van der Waals surface area contributed by atoms with Crippen LogP contribution >= 0.6 is 15.9 Å². The van der Waals surface area contributed by atoms with Crippen molar-refractivity contribution < 1.29 is 9.47 Å². The first-order valence-electron chi connectivity index (χ1n) is 3.36. The van der Waals surface area contributed by atoms with Gasteiger partial charge in [0.2, 0.25) is 0 Å². The van der Waals surface area contributed by atoms with Gasteiger partial charge in [-0.1, -0.05) is 0 Å². The van der Waals surface area contributed by atoms with Crippen LogP contribution in [-0.2, 0) is 0 Å². The molecule has 2 N–H and O–H groups in total. The van der Waals surface area contributed by atoms with Crippen molar-refractivity contribution >= 4 is 21.6 Å². The van der Waals surface area contributed by atoms with Crippen LogP contribution in [0.25, 0.3) is 0 Å². The van der Waals surface area contributed by atoms with E-state index in [1.54, 1.807) is 26.4 Å². The minimum Gasteiger partial charge on any atom is -0.495 e. The molecule has 12 heavy (non-hydrogen) atoms. The van der Waals surface area contributed by atoms with Crippen molar-refractivity contribution in [2.24, 2.45) is 0 Å². The summed E-state index contributed by atoms with van der Waals surface area (Å²) in [7, 11) is 3.16. The lowest BCUT2D eigenvalue weighted by atomic mass is 10.3. The van der Waals surface area contributed by atoms with Gasteiger partial charge in [-0.15, -0.1) is 0 Å². The SMILES string of the molecule is COc1cc(Br)c(OC)cc1N. The molecule has 4 heteroatoms. The number of nitrogens with two attached hydrogens (primary N) is 1.